The molecule has 0 radical (unpaired) electrons. The molecule has 0 saturated carbocycles. The quantitative estimate of drug-likeness (QED) is 0.863. The van der Waals surface area contributed by atoms with E-state index in [4.69, 9.17) is 0 Å². The monoisotopic (exact) mass is 233 g/mol. The molecule has 0 bridgehead atoms. The molecule has 1 aliphatic rings. The summed E-state index contributed by atoms with van der Waals surface area (Å²) in [6.45, 7) is 4.36. The van der Waals surface area contributed by atoms with Crippen LogP contribution < -0.4 is 4.90 Å². The van der Waals surface area contributed by atoms with Crippen molar-refractivity contribution in [1.82, 2.24) is 0 Å². The molecule has 1 atom stereocenters. The highest BCUT2D eigenvalue weighted by atomic mass is 16.3. The van der Waals surface area contributed by atoms with E-state index in [1.165, 1.54) is 44.5 Å². The van der Waals surface area contributed by atoms with E-state index in [1.807, 2.05) is 6.92 Å². The van der Waals surface area contributed by atoms with Crippen LogP contribution in [0.5, 0.6) is 0 Å². The van der Waals surface area contributed by atoms with Crippen molar-refractivity contribution in [3.8, 4) is 0 Å². The fourth-order valence-corrected chi connectivity index (χ4v) is 2.47. The zero-order valence-electron chi connectivity index (χ0n) is 10.7. The van der Waals surface area contributed by atoms with Gasteiger partial charge >= 0.3 is 0 Å². The molecule has 1 saturated heterocycles. The predicted octanol–water partition coefficient (Wildman–Crippen LogP) is 3.51. The molecule has 2 heteroatoms. The second kappa shape index (κ2) is 6.06. The Morgan fingerprint density at radius 1 is 1.06 bits per heavy atom. The summed E-state index contributed by atoms with van der Waals surface area (Å²) in [5.74, 6) is 0. The Hall–Kier alpha value is -1.02. The second-order valence-electron chi connectivity index (χ2n) is 4.92. The Bertz CT molecular complexity index is 325. The summed E-state index contributed by atoms with van der Waals surface area (Å²) < 4.78 is 0. The maximum atomic E-state index is 9.76. The summed E-state index contributed by atoms with van der Waals surface area (Å²) in [6, 6.07) is 8.43. The van der Waals surface area contributed by atoms with Crippen LogP contribution in [0.2, 0.25) is 0 Å². The standard InChI is InChI=1S/C15H23NO/c1-2-15(17)13-7-9-14(10-8-13)16-11-5-3-4-6-12-16/h7-10,15,17H,2-6,11-12H2,1H3/t15-/m0/s1. The number of rotatable bonds is 3. The first kappa shape index (κ1) is 12.4. The van der Waals surface area contributed by atoms with Gasteiger partial charge < -0.3 is 10.0 Å². The lowest BCUT2D eigenvalue weighted by atomic mass is 10.1. The third-order valence-corrected chi connectivity index (χ3v) is 3.64. The molecule has 17 heavy (non-hydrogen) atoms. The largest absolute Gasteiger partial charge is 0.388 e. The molecule has 2 nitrogen and oxygen atoms in total. The number of aliphatic hydroxyl groups excluding tert-OH is 1. The second-order valence-corrected chi connectivity index (χ2v) is 4.92. The van der Waals surface area contributed by atoms with Gasteiger partial charge in [0.05, 0.1) is 6.10 Å². The summed E-state index contributed by atoms with van der Waals surface area (Å²) in [7, 11) is 0. The van der Waals surface area contributed by atoms with Gasteiger partial charge in [-0.2, -0.15) is 0 Å². The van der Waals surface area contributed by atoms with E-state index >= 15 is 0 Å². The van der Waals surface area contributed by atoms with Crippen LogP contribution in [0, 0.1) is 0 Å². The molecule has 2 rings (SSSR count). The van der Waals surface area contributed by atoms with Gasteiger partial charge in [-0.1, -0.05) is 31.9 Å². The molecule has 1 aromatic rings. The SMILES string of the molecule is CC[C@H](O)c1ccc(N2CCCCCC2)cc1. The fourth-order valence-electron chi connectivity index (χ4n) is 2.47. The minimum atomic E-state index is -0.312. The maximum absolute atomic E-state index is 9.76. The van der Waals surface area contributed by atoms with E-state index in [9.17, 15) is 5.11 Å². The summed E-state index contributed by atoms with van der Waals surface area (Å²) in [5, 5.41) is 9.76. The van der Waals surface area contributed by atoms with Gasteiger partial charge in [0, 0.05) is 18.8 Å². The molecule has 0 amide bonds. The highest BCUT2D eigenvalue weighted by Crippen LogP contribution is 2.23. The van der Waals surface area contributed by atoms with Crippen molar-refractivity contribution < 1.29 is 5.11 Å². The van der Waals surface area contributed by atoms with Gasteiger partial charge in [0.25, 0.3) is 0 Å². The number of benzene rings is 1. The van der Waals surface area contributed by atoms with Gasteiger partial charge in [-0.05, 0) is 37.0 Å². The first-order valence-electron chi connectivity index (χ1n) is 6.84. The minimum absolute atomic E-state index is 0.312. The fraction of sp³-hybridized carbons (Fsp3) is 0.600. The van der Waals surface area contributed by atoms with Crippen LogP contribution in [0.4, 0.5) is 5.69 Å². The summed E-state index contributed by atoms with van der Waals surface area (Å²) >= 11 is 0. The Kier molecular flexibility index (Phi) is 4.43. The van der Waals surface area contributed by atoms with Gasteiger partial charge in [0.1, 0.15) is 0 Å². The van der Waals surface area contributed by atoms with Gasteiger partial charge in [0.2, 0.25) is 0 Å². The smallest absolute Gasteiger partial charge is 0.0787 e. The van der Waals surface area contributed by atoms with Crippen molar-refractivity contribution in [3.63, 3.8) is 0 Å². The highest BCUT2D eigenvalue weighted by Gasteiger charge is 2.10. The van der Waals surface area contributed by atoms with E-state index < -0.39 is 0 Å². The average molecular weight is 233 g/mol. The van der Waals surface area contributed by atoms with E-state index in [-0.39, 0.29) is 6.10 Å². The van der Waals surface area contributed by atoms with Crippen LogP contribution >= 0.6 is 0 Å². The number of hydrogen-bond acceptors (Lipinski definition) is 2. The molecule has 1 heterocycles. The highest BCUT2D eigenvalue weighted by molar-refractivity contribution is 5.48. The molecular formula is C15H23NO. The normalized spacial score (nSPS) is 18.8. The molecule has 1 N–H and O–H groups in total. The van der Waals surface area contributed by atoms with Crippen molar-refractivity contribution in [2.24, 2.45) is 0 Å². The first-order valence-corrected chi connectivity index (χ1v) is 6.84. The lowest BCUT2D eigenvalue weighted by Crippen LogP contribution is -2.23. The van der Waals surface area contributed by atoms with E-state index in [0.29, 0.717) is 0 Å². The van der Waals surface area contributed by atoms with Crippen LogP contribution in [0.1, 0.15) is 50.7 Å². The molecule has 0 spiro atoms. The van der Waals surface area contributed by atoms with Crippen molar-refractivity contribution >= 4 is 5.69 Å². The van der Waals surface area contributed by atoms with E-state index in [2.05, 4.69) is 29.2 Å². The maximum Gasteiger partial charge on any atom is 0.0787 e. The van der Waals surface area contributed by atoms with Gasteiger partial charge in [-0.25, -0.2) is 0 Å². The molecule has 1 aromatic carbocycles. The lowest BCUT2D eigenvalue weighted by molar-refractivity contribution is 0.173. The Morgan fingerprint density at radius 2 is 1.65 bits per heavy atom. The van der Waals surface area contributed by atoms with Crippen molar-refractivity contribution in [2.45, 2.75) is 45.1 Å². The first-order chi connectivity index (χ1) is 8.31. The zero-order chi connectivity index (χ0) is 12.1. The van der Waals surface area contributed by atoms with Gasteiger partial charge in [-0.15, -0.1) is 0 Å². The molecule has 0 unspecified atom stereocenters. The molecule has 0 aliphatic carbocycles. The van der Waals surface area contributed by atoms with E-state index in [0.717, 1.165) is 12.0 Å². The van der Waals surface area contributed by atoms with Crippen LogP contribution in [-0.2, 0) is 0 Å². The summed E-state index contributed by atoms with van der Waals surface area (Å²) in [6.07, 6.45) is 5.81. The third kappa shape index (κ3) is 3.22. The zero-order valence-corrected chi connectivity index (χ0v) is 10.7. The Morgan fingerprint density at radius 3 is 2.18 bits per heavy atom. The molecule has 94 valence electrons. The number of nitrogens with zero attached hydrogens (tertiary/aromatic N) is 1. The predicted molar refractivity (Wildman–Crippen MR) is 72.4 cm³/mol. The lowest BCUT2D eigenvalue weighted by Gasteiger charge is -2.23. The summed E-state index contributed by atoms with van der Waals surface area (Å²) in [5.41, 5.74) is 2.34. The molecule has 0 aromatic heterocycles. The Balaban J connectivity index is 2.05. The van der Waals surface area contributed by atoms with Crippen LogP contribution in [0.25, 0.3) is 0 Å². The van der Waals surface area contributed by atoms with E-state index in [1.54, 1.807) is 0 Å². The number of anilines is 1. The van der Waals surface area contributed by atoms with Gasteiger partial charge in [0.15, 0.2) is 0 Å². The third-order valence-electron chi connectivity index (χ3n) is 3.64. The Labute approximate surface area is 104 Å². The van der Waals surface area contributed by atoms with Crippen LogP contribution in [0.3, 0.4) is 0 Å². The average Bonchev–Trinajstić information content (AvgIpc) is 2.67. The minimum Gasteiger partial charge on any atom is -0.388 e. The molecular weight excluding hydrogens is 210 g/mol. The number of aliphatic hydroxyl groups is 1. The van der Waals surface area contributed by atoms with Crippen molar-refractivity contribution in [2.75, 3.05) is 18.0 Å². The van der Waals surface area contributed by atoms with Gasteiger partial charge in [-0.3, -0.25) is 0 Å². The van der Waals surface area contributed by atoms with Crippen LogP contribution in [0.15, 0.2) is 24.3 Å². The van der Waals surface area contributed by atoms with Crippen LogP contribution in [-0.4, -0.2) is 18.2 Å². The van der Waals surface area contributed by atoms with Crippen molar-refractivity contribution in [3.05, 3.63) is 29.8 Å². The summed E-state index contributed by atoms with van der Waals surface area (Å²) in [4.78, 5) is 2.47. The van der Waals surface area contributed by atoms with Crippen molar-refractivity contribution in [1.29, 1.82) is 0 Å². The molecule has 1 fully saturated rings. The number of hydrogen-bond donors (Lipinski definition) is 1. The molecule has 1 aliphatic heterocycles. The topological polar surface area (TPSA) is 23.5 Å².